The number of amides is 2. The summed E-state index contributed by atoms with van der Waals surface area (Å²) in [5.74, 6) is -3.30. The van der Waals surface area contributed by atoms with E-state index in [4.69, 9.17) is 4.74 Å². The molecule has 172 valence electrons. The summed E-state index contributed by atoms with van der Waals surface area (Å²) in [6.07, 6.45) is 0. The van der Waals surface area contributed by atoms with E-state index in [2.05, 4.69) is 30.4 Å². The molecule has 1 aliphatic carbocycles. The lowest BCUT2D eigenvalue weighted by Gasteiger charge is -2.24. The Balaban J connectivity index is 2.26. The van der Waals surface area contributed by atoms with E-state index in [0.29, 0.717) is 0 Å². The number of nitrogens with one attached hydrogen (secondary N) is 2. The molecule has 34 heavy (non-hydrogen) atoms. The van der Waals surface area contributed by atoms with Crippen molar-refractivity contribution in [3.63, 3.8) is 0 Å². The highest BCUT2D eigenvalue weighted by Crippen LogP contribution is 2.40. The van der Waals surface area contributed by atoms with Crippen molar-refractivity contribution < 1.29 is 28.7 Å². The van der Waals surface area contributed by atoms with E-state index < -0.39 is 29.4 Å². The Bertz CT molecular complexity index is 1350. The molecule has 0 saturated carbocycles. The maximum atomic E-state index is 13.7. The van der Waals surface area contributed by atoms with Gasteiger partial charge in [0.05, 0.1) is 28.1 Å². The normalized spacial score (nSPS) is 11.6. The number of hydrogen-bond acceptors (Lipinski definition) is 6. The third-order valence-electron chi connectivity index (χ3n) is 4.98. The molecule has 3 rings (SSSR count). The van der Waals surface area contributed by atoms with Gasteiger partial charge in [-0.1, -0.05) is 31.9 Å². The molecule has 0 unspecified atom stereocenters. The topological polar surface area (TPSA) is 119 Å². The van der Waals surface area contributed by atoms with Crippen LogP contribution in [0.15, 0.2) is 66.8 Å². The molecule has 8 nitrogen and oxygen atoms in total. The Labute approximate surface area is 196 Å². The van der Waals surface area contributed by atoms with Crippen LogP contribution in [-0.2, 0) is 14.4 Å². The van der Waals surface area contributed by atoms with Crippen LogP contribution in [0, 0.1) is 0 Å². The first-order chi connectivity index (χ1) is 15.9. The molecule has 0 spiro atoms. The number of ether oxygens (including phenoxy) is 1. The minimum atomic E-state index is -0.783. The van der Waals surface area contributed by atoms with Crippen molar-refractivity contribution in [3.8, 4) is 5.75 Å². The van der Waals surface area contributed by atoms with Gasteiger partial charge < -0.3 is 15.4 Å². The Hall–Kier alpha value is -4.59. The minimum Gasteiger partial charge on any atom is -0.422 e. The van der Waals surface area contributed by atoms with E-state index in [1.54, 1.807) is 0 Å². The highest BCUT2D eigenvalue weighted by atomic mass is 16.5. The average molecular weight is 458 g/mol. The number of carbonyl (C=O) groups is 5. The molecular weight excluding hydrogens is 436 g/mol. The minimum absolute atomic E-state index is 0.00742. The number of hydrogen-bond donors (Lipinski definition) is 2. The second kappa shape index (κ2) is 9.11. The molecule has 8 heteroatoms. The van der Waals surface area contributed by atoms with Crippen molar-refractivity contribution in [1.29, 1.82) is 0 Å². The first-order valence-corrected chi connectivity index (χ1v) is 10.1. The van der Waals surface area contributed by atoms with Gasteiger partial charge in [-0.3, -0.25) is 19.2 Å². The van der Waals surface area contributed by atoms with Crippen LogP contribution in [0.5, 0.6) is 5.75 Å². The van der Waals surface area contributed by atoms with Gasteiger partial charge >= 0.3 is 5.97 Å². The van der Waals surface area contributed by atoms with Gasteiger partial charge in [0.15, 0.2) is 11.6 Å². The van der Waals surface area contributed by atoms with Gasteiger partial charge in [-0.2, -0.15) is 0 Å². The molecule has 0 atom stereocenters. The number of esters is 1. The van der Waals surface area contributed by atoms with Crippen LogP contribution in [0.1, 0.15) is 52.6 Å². The maximum Gasteiger partial charge on any atom is 0.338 e. The van der Waals surface area contributed by atoms with Crippen LogP contribution in [0.2, 0.25) is 0 Å². The Morgan fingerprint density at radius 1 is 0.706 bits per heavy atom. The largest absolute Gasteiger partial charge is 0.422 e. The number of ketones is 2. The summed E-state index contributed by atoms with van der Waals surface area (Å²) in [6.45, 7) is 15.1. The van der Waals surface area contributed by atoms with Gasteiger partial charge in [0.2, 0.25) is 0 Å². The van der Waals surface area contributed by atoms with E-state index in [0.717, 1.165) is 0 Å². The molecule has 0 saturated heterocycles. The number of rotatable bonds is 6. The average Bonchev–Trinajstić information content (AvgIpc) is 2.77. The molecule has 0 heterocycles. The zero-order valence-corrected chi connectivity index (χ0v) is 19.0. The molecule has 0 aromatic heterocycles. The van der Waals surface area contributed by atoms with Gasteiger partial charge in [-0.15, -0.1) is 0 Å². The smallest absolute Gasteiger partial charge is 0.338 e. The van der Waals surface area contributed by atoms with Crippen molar-refractivity contribution in [3.05, 3.63) is 89.0 Å². The monoisotopic (exact) mass is 458 g/mol. The van der Waals surface area contributed by atoms with E-state index in [-0.39, 0.29) is 56.1 Å². The van der Waals surface area contributed by atoms with Crippen LogP contribution in [0.25, 0.3) is 0 Å². The molecule has 0 fully saturated rings. The number of carbonyl (C=O) groups excluding carboxylic acids is 5. The molecule has 2 amide bonds. The summed E-state index contributed by atoms with van der Waals surface area (Å²) in [6, 6.07) is 7.09. The van der Waals surface area contributed by atoms with Crippen LogP contribution < -0.4 is 15.4 Å². The Morgan fingerprint density at radius 3 is 1.79 bits per heavy atom. The first kappa shape index (κ1) is 24.1. The van der Waals surface area contributed by atoms with Gasteiger partial charge in [0, 0.05) is 22.3 Å². The number of benzene rings is 2. The molecule has 2 aromatic rings. The Kier molecular flexibility index (Phi) is 6.45. The molecule has 1 aliphatic rings. The SMILES string of the molecule is C=C(C)C(=O)Nc1cccc2c1C(=O)c1c(NC(=O)C(=C)C)ccc(OC(=O)C(=C)C)c1C2=O. The van der Waals surface area contributed by atoms with Gasteiger partial charge in [0.1, 0.15) is 5.75 Å². The fourth-order valence-electron chi connectivity index (χ4n) is 3.23. The zero-order valence-electron chi connectivity index (χ0n) is 19.0. The van der Waals surface area contributed by atoms with E-state index >= 15 is 0 Å². The van der Waals surface area contributed by atoms with Crippen molar-refractivity contribution in [2.24, 2.45) is 0 Å². The quantitative estimate of drug-likeness (QED) is 0.328. The summed E-state index contributed by atoms with van der Waals surface area (Å²) in [5.41, 5.74) is 0.210. The molecular formula is C26H22N2O6. The Morgan fingerprint density at radius 2 is 1.26 bits per heavy atom. The predicted octanol–water partition coefficient (Wildman–Crippen LogP) is 3.97. The van der Waals surface area contributed by atoms with Gasteiger partial charge in [0.25, 0.3) is 11.8 Å². The second-order valence-electron chi connectivity index (χ2n) is 7.89. The highest BCUT2D eigenvalue weighted by Gasteiger charge is 2.37. The molecule has 0 bridgehead atoms. The molecule has 0 radical (unpaired) electrons. The maximum absolute atomic E-state index is 13.7. The van der Waals surface area contributed by atoms with E-state index in [9.17, 15) is 24.0 Å². The van der Waals surface area contributed by atoms with E-state index in [1.807, 2.05) is 0 Å². The number of fused-ring (bicyclic) bond motifs is 2. The standard InChI is InChI=1S/C26H22N2O6/c1-12(2)24(31)27-16-9-7-8-15-19(16)23(30)20-17(28-25(32)13(3)4)10-11-18(21(20)22(15)29)34-26(33)14(5)6/h7-11H,1,3,5H2,2,4,6H3,(H,27,31)(H,28,32). The van der Waals surface area contributed by atoms with Gasteiger partial charge in [-0.25, -0.2) is 4.79 Å². The summed E-state index contributed by atoms with van der Waals surface area (Å²) in [5, 5.41) is 5.14. The van der Waals surface area contributed by atoms with Crippen molar-refractivity contribution in [2.45, 2.75) is 20.8 Å². The van der Waals surface area contributed by atoms with Crippen LogP contribution in [0.3, 0.4) is 0 Å². The summed E-state index contributed by atoms with van der Waals surface area (Å²) in [4.78, 5) is 63.9. The number of anilines is 2. The van der Waals surface area contributed by atoms with Crippen LogP contribution in [0.4, 0.5) is 11.4 Å². The molecule has 0 aliphatic heterocycles. The van der Waals surface area contributed by atoms with Crippen molar-refractivity contribution in [1.82, 2.24) is 0 Å². The van der Waals surface area contributed by atoms with Crippen LogP contribution in [-0.4, -0.2) is 29.4 Å². The second-order valence-corrected chi connectivity index (χ2v) is 7.89. The fraction of sp³-hybridized carbons (Fsp3) is 0.115. The molecule has 2 aromatic carbocycles. The van der Waals surface area contributed by atoms with Crippen molar-refractivity contribution >= 4 is 40.7 Å². The van der Waals surface area contributed by atoms with Crippen molar-refractivity contribution in [2.75, 3.05) is 10.6 Å². The first-order valence-electron chi connectivity index (χ1n) is 10.1. The van der Waals surface area contributed by atoms with Gasteiger partial charge in [-0.05, 0) is 39.0 Å². The highest BCUT2D eigenvalue weighted by molar-refractivity contribution is 6.33. The lowest BCUT2D eigenvalue weighted by Crippen LogP contribution is -2.27. The third-order valence-corrected chi connectivity index (χ3v) is 4.98. The lowest BCUT2D eigenvalue weighted by atomic mass is 9.81. The predicted molar refractivity (Wildman–Crippen MR) is 127 cm³/mol. The summed E-state index contributed by atoms with van der Waals surface area (Å²) >= 11 is 0. The van der Waals surface area contributed by atoms with Crippen LogP contribution >= 0.6 is 0 Å². The third kappa shape index (κ3) is 4.33. The summed E-state index contributed by atoms with van der Waals surface area (Å²) in [7, 11) is 0. The summed E-state index contributed by atoms with van der Waals surface area (Å²) < 4.78 is 5.32. The fourth-order valence-corrected chi connectivity index (χ4v) is 3.23. The lowest BCUT2D eigenvalue weighted by molar-refractivity contribution is -0.130. The molecule has 2 N–H and O–H groups in total. The zero-order chi connectivity index (χ0) is 25.3. The van der Waals surface area contributed by atoms with E-state index in [1.165, 1.54) is 51.1 Å².